The SMILES string of the molecule is COC(=O)c1cccc(NC(=O)CN(c2cc(Cl)ccc2C)S(C)(=O)=O)c1C. The zero-order chi connectivity index (χ0) is 21.1. The van der Waals surface area contributed by atoms with Crippen LogP contribution in [-0.2, 0) is 19.6 Å². The molecule has 2 rings (SSSR count). The number of sulfonamides is 1. The van der Waals surface area contributed by atoms with E-state index in [9.17, 15) is 18.0 Å². The fraction of sp³-hybridized carbons (Fsp3) is 0.263. The predicted molar refractivity (Wildman–Crippen MR) is 110 cm³/mol. The summed E-state index contributed by atoms with van der Waals surface area (Å²) in [6.07, 6.45) is 1.02. The van der Waals surface area contributed by atoms with Crippen molar-refractivity contribution in [1.29, 1.82) is 0 Å². The summed E-state index contributed by atoms with van der Waals surface area (Å²) in [7, 11) is -2.47. The van der Waals surface area contributed by atoms with Gasteiger partial charge in [0, 0.05) is 10.7 Å². The van der Waals surface area contributed by atoms with E-state index in [1.54, 1.807) is 44.2 Å². The molecule has 150 valence electrons. The Kier molecular flexibility index (Phi) is 6.69. The fourth-order valence-electron chi connectivity index (χ4n) is 2.65. The predicted octanol–water partition coefficient (Wildman–Crippen LogP) is 3.15. The Morgan fingerprint density at radius 1 is 1.18 bits per heavy atom. The van der Waals surface area contributed by atoms with E-state index in [1.807, 2.05) is 0 Å². The Morgan fingerprint density at radius 2 is 1.86 bits per heavy atom. The van der Waals surface area contributed by atoms with Gasteiger partial charge in [0.1, 0.15) is 6.54 Å². The molecule has 2 aromatic carbocycles. The summed E-state index contributed by atoms with van der Waals surface area (Å²) in [5, 5.41) is 3.01. The zero-order valence-electron chi connectivity index (χ0n) is 15.9. The molecule has 7 nitrogen and oxygen atoms in total. The number of benzene rings is 2. The number of ether oxygens (including phenoxy) is 1. The van der Waals surface area contributed by atoms with Gasteiger partial charge in [0.2, 0.25) is 15.9 Å². The van der Waals surface area contributed by atoms with Crippen LogP contribution < -0.4 is 9.62 Å². The minimum Gasteiger partial charge on any atom is -0.465 e. The summed E-state index contributed by atoms with van der Waals surface area (Å²) < 4.78 is 30.3. The lowest BCUT2D eigenvalue weighted by Crippen LogP contribution is -2.38. The van der Waals surface area contributed by atoms with Gasteiger partial charge in [0.15, 0.2) is 0 Å². The maximum absolute atomic E-state index is 12.6. The minimum absolute atomic E-state index is 0.311. The van der Waals surface area contributed by atoms with Crippen LogP contribution in [0.25, 0.3) is 0 Å². The van der Waals surface area contributed by atoms with Gasteiger partial charge in [-0.15, -0.1) is 0 Å². The summed E-state index contributed by atoms with van der Waals surface area (Å²) >= 11 is 5.99. The van der Waals surface area contributed by atoms with E-state index in [-0.39, 0.29) is 0 Å². The van der Waals surface area contributed by atoms with Crippen molar-refractivity contribution in [1.82, 2.24) is 0 Å². The van der Waals surface area contributed by atoms with E-state index in [0.29, 0.717) is 33.1 Å². The van der Waals surface area contributed by atoms with Gasteiger partial charge in [-0.05, 0) is 49.2 Å². The molecule has 0 aliphatic heterocycles. The normalized spacial score (nSPS) is 11.0. The molecule has 0 saturated carbocycles. The summed E-state index contributed by atoms with van der Waals surface area (Å²) in [5.41, 5.74) is 2.21. The summed E-state index contributed by atoms with van der Waals surface area (Å²) in [5.74, 6) is -1.09. The van der Waals surface area contributed by atoms with Crippen molar-refractivity contribution in [2.75, 3.05) is 29.5 Å². The number of amides is 1. The second-order valence-electron chi connectivity index (χ2n) is 6.22. The second-order valence-corrected chi connectivity index (χ2v) is 8.56. The Balaban J connectivity index is 2.31. The first-order chi connectivity index (χ1) is 13.0. The first kappa shape index (κ1) is 21.7. The van der Waals surface area contributed by atoms with Gasteiger partial charge in [-0.25, -0.2) is 13.2 Å². The molecule has 9 heteroatoms. The third-order valence-corrected chi connectivity index (χ3v) is 5.50. The third kappa shape index (κ3) is 5.02. The molecule has 28 heavy (non-hydrogen) atoms. The molecule has 1 amide bonds. The number of methoxy groups -OCH3 is 1. The Hall–Kier alpha value is -2.58. The van der Waals surface area contributed by atoms with E-state index in [0.717, 1.165) is 10.6 Å². The van der Waals surface area contributed by atoms with Crippen LogP contribution in [0.5, 0.6) is 0 Å². The Bertz CT molecular complexity index is 1020. The molecule has 0 aliphatic carbocycles. The number of nitrogens with zero attached hydrogens (tertiary/aromatic N) is 1. The molecular weight excluding hydrogens is 404 g/mol. The van der Waals surface area contributed by atoms with Crippen molar-refractivity contribution < 1.29 is 22.7 Å². The number of hydrogen-bond donors (Lipinski definition) is 1. The monoisotopic (exact) mass is 424 g/mol. The number of halogens is 1. The molecule has 0 radical (unpaired) electrons. The molecular formula is C19H21ClN2O5S. The number of esters is 1. The van der Waals surface area contributed by atoms with E-state index in [2.05, 4.69) is 5.32 Å². The van der Waals surface area contributed by atoms with Crippen molar-refractivity contribution in [3.8, 4) is 0 Å². The average molecular weight is 425 g/mol. The molecule has 0 aliphatic rings. The minimum atomic E-state index is -3.74. The van der Waals surface area contributed by atoms with Crippen LogP contribution in [0.2, 0.25) is 5.02 Å². The number of anilines is 2. The topological polar surface area (TPSA) is 92.8 Å². The number of hydrogen-bond acceptors (Lipinski definition) is 5. The molecule has 0 unspecified atom stereocenters. The van der Waals surface area contributed by atoms with Crippen LogP contribution >= 0.6 is 11.6 Å². The Labute approximate surface area is 169 Å². The standard InChI is InChI=1S/C19H21ClN2O5S/c1-12-8-9-14(20)10-17(12)22(28(4,25)26)11-18(23)21-16-7-5-6-15(13(16)2)19(24)27-3/h5-10H,11H2,1-4H3,(H,21,23). The first-order valence-electron chi connectivity index (χ1n) is 8.26. The van der Waals surface area contributed by atoms with Crippen molar-refractivity contribution in [2.45, 2.75) is 13.8 Å². The highest BCUT2D eigenvalue weighted by atomic mass is 35.5. The number of nitrogens with one attached hydrogen (secondary N) is 1. The van der Waals surface area contributed by atoms with Crippen LogP contribution in [0.4, 0.5) is 11.4 Å². The van der Waals surface area contributed by atoms with E-state index in [1.165, 1.54) is 13.2 Å². The average Bonchev–Trinajstić information content (AvgIpc) is 2.62. The fourth-order valence-corrected chi connectivity index (χ4v) is 3.73. The lowest BCUT2D eigenvalue weighted by molar-refractivity contribution is -0.114. The quantitative estimate of drug-likeness (QED) is 0.719. The highest BCUT2D eigenvalue weighted by molar-refractivity contribution is 7.92. The molecule has 0 fully saturated rings. The van der Waals surface area contributed by atoms with Crippen LogP contribution in [-0.4, -0.2) is 40.2 Å². The maximum atomic E-state index is 12.6. The molecule has 0 spiro atoms. The smallest absolute Gasteiger partial charge is 0.338 e. The summed E-state index contributed by atoms with van der Waals surface area (Å²) in [6, 6.07) is 9.61. The molecule has 0 saturated heterocycles. The van der Waals surface area contributed by atoms with Gasteiger partial charge in [0.05, 0.1) is 24.6 Å². The summed E-state index contributed by atoms with van der Waals surface area (Å²) in [4.78, 5) is 24.4. The van der Waals surface area contributed by atoms with Crippen molar-refractivity contribution in [3.05, 3.63) is 58.1 Å². The highest BCUT2D eigenvalue weighted by Gasteiger charge is 2.23. The van der Waals surface area contributed by atoms with Gasteiger partial charge in [-0.3, -0.25) is 9.10 Å². The van der Waals surface area contributed by atoms with E-state index < -0.39 is 28.4 Å². The maximum Gasteiger partial charge on any atom is 0.338 e. The second kappa shape index (κ2) is 8.62. The molecule has 0 aromatic heterocycles. The van der Waals surface area contributed by atoms with Gasteiger partial charge >= 0.3 is 5.97 Å². The van der Waals surface area contributed by atoms with E-state index >= 15 is 0 Å². The lowest BCUT2D eigenvalue weighted by Gasteiger charge is -2.24. The van der Waals surface area contributed by atoms with Crippen molar-refractivity contribution in [2.24, 2.45) is 0 Å². The molecule has 0 bridgehead atoms. The number of rotatable bonds is 6. The number of carbonyl (C=O) groups is 2. The Morgan fingerprint density at radius 3 is 2.46 bits per heavy atom. The molecule has 1 N–H and O–H groups in total. The van der Waals surface area contributed by atoms with Gasteiger partial charge in [-0.1, -0.05) is 23.7 Å². The first-order valence-corrected chi connectivity index (χ1v) is 10.5. The summed E-state index contributed by atoms with van der Waals surface area (Å²) in [6.45, 7) is 2.95. The van der Waals surface area contributed by atoms with Crippen LogP contribution in [0.1, 0.15) is 21.5 Å². The van der Waals surface area contributed by atoms with Gasteiger partial charge in [-0.2, -0.15) is 0 Å². The zero-order valence-corrected chi connectivity index (χ0v) is 17.5. The van der Waals surface area contributed by atoms with Crippen LogP contribution in [0.3, 0.4) is 0 Å². The lowest BCUT2D eigenvalue weighted by atomic mass is 10.1. The highest BCUT2D eigenvalue weighted by Crippen LogP contribution is 2.26. The molecule has 2 aromatic rings. The van der Waals surface area contributed by atoms with Gasteiger partial charge in [0.25, 0.3) is 0 Å². The van der Waals surface area contributed by atoms with Crippen LogP contribution in [0.15, 0.2) is 36.4 Å². The molecule has 0 atom stereocenters. The van der Waals surface area contributed by atoms with Crippen molar-refractivity contribution >= 4 is 44.9 Å². The third-order valence-electron chi connectivity index (χ3n) is 4.14. The number of carbonyl (C=O) groups excluding carboxylic acids is 2. The van der Waals surface area contributed by atoms with Crippen molar-refractivity contribution in [3.63, 3.8) is 0 Å². The molecule has 0 heterocycles. The number of aryl methyl sites for hydroxylation is 1. The van der Waals surface area contributed by atoms with Gasteiger partial charge < -0.3 is 10.1 Å². The largest absolute Gasteiger partial charge is 0.465 e. The van der Waals surface area contributed by atoms with Crippen LogP contribution in [0, 0.1) is 13.8 Å². The van der Waals surface area contributed by atoms with E-state index in [4.69, 9.17) is 16.3 Å².